The standard InChI is InChI=1S/C10H19NO2.ClH/c1-8(2)7-11-5-3-9(4-6-11)10(12)13;/h8-9H,3-7H2,1-2H3,(H,12,13);1H. The Hall–Kier alpha value is -0.280. The molecule has 0 atom stereocenters. The molecule has 3 nitrogen and oxygen atoms in total. The lowest BCUT2D eigenvalue weighted by Crippen LogP contribution is -2.38. The summed E-state index contributed by atoms with van der Waals surface area (Å²) in [5.74, 6) is -0.0333. The SMILES string of the molecule is CC(C)CN1CCC(C(=O)O)CC1.Cl. The summed E-state index contributed by atoms with van der Waals surface area (Å²) in [5, 5.41) is 8.79. The number of nitrogens with zero attached hydrogens (tertiary/aromatic N) is 1. The van der Waals surface area contributed by atoms with E-state index in [1.54, 1.807) is 0 Å². The van der Waals surface area contributed by atoms with Crippen molar-refractivity contribution >= 4 is 18.4 Å². The van der Waals surface area contributed by atoms with Crippen LogP contribution in [0.5, 0.6) is 0 Å². The van der Waals surface area contributed by atoms with Gasteiger partial charge in [0, 0.05) is 6.54 Å². The lowest BCUT2D eigenvalue weighted by atomic mass is 9.96. The molecule has 1 N–H and O–H groups in total. The monoisotopic (exact) mass is 221 g/mol. The largest absolute Gasteiger partial charge is 0.481 e. The normalized spacial score (nSPS) is 19.4. The van der Waals surface area contributed by atoms with Gasteiger partial charge >= 0.3 is 5.97 Å². The van der Waals surface area contributed by atoms with E-state index in [2.05, 4.69) is 18.7 Å². The van der Waals surface area contributed by atoms with Crippen LogP contribution in [0.25, 0.3) is 0 Å². The van der Waals surface area contributed by atoms with Crippen molar-refractivity contribution in [1.82, 2.24) is 4.90 Å². The summed E-state index contributed by atoms with van der Waals surface area (Å²) >= 11 is 0. The van der Waals surface area contributed by atoms with E-state index in [4.69, 9.17) is 5.11 Å². The molecule has 1 aliphatic rings. The van der Waals surface area contributed by atoms with Gasteiger partial charge in [-0.05, 0) is 31.8 Å². The van der Waals surface area contributed by atoms with E-state index in [-0.39, 0.29) is 18.3 Å². The molecule has 1 aliphatic heterocycles. The number of hydrogen-bond donors (Lipinski definition) is 1. The van der Waals surface area contributed by atoms with Crippen LogP contribution >= 0.6 is 12.4 Å². The Morgan fingerprint density at radius 2 is 1.93 bits per heavy atom. The molecule has 0 spiro atoms. The average molecular weight is 222 g/mol. The van der Waals surface area contributed by atoms with Gasteiger partial charge < -0.3 is 10.0 Å². The molecule has 0 aromatic heterocycles. The topological polar surface area (TPSA) is 40.5 Å². The Labute approximate surface area is 91.9 Å². The molecule has 4 heteroatoms. The van der Waals surface area contributed by atoms with Gasteiger partial charge in [-0.3, -0.25) is 4.79 Å². The summed E-state index contributed by atoms with van der Waals surface area (Å²) in [6.07, 6.45) is 1.64. The molecule has 0 unspecified atom stereocenters. The number of rotatable bonds is 3. The Morgan fingerprint density at radius 3 is 2.29 bits per heavy atom. The van der Waals surface area contributed by atoms with Gasteiger partial charge in [-0.15, -0.1) is 12.4 Å². The fourth-order valence-electron chi connectivity index (χ4n) is 1.88. The van der Waals surface area contributed by atoms with Crippen molar-refractivity contribution in [3.63, 3.8) is 0 Å². The smallest absolute Gasteiger partial charge is 0.306 e. The molecule has 0 aromatic carbocycles. The van der Waals surface area contributed by atoms with Gasteiger partial charge in [0.05, 0.1) is 5.92 Å². The van der Waals surface area contributed by atoms with Crippen LogP contribution < -0.4 is 0 Å². The van der Waals surface area contributed by atoms with E-state index >= 15 is 0 Å². The van der Waals surface area contributed by atoms with Crippen LogP contribution in [0.15, 0.2) is 0 Å². The first kappa shape index (κ1) is 13.7. The first-order chi connectivity index (χ1) is 6.09. The quantitative estimate of drug-likeness (QED) is 0.791. The molecule has 0 saturated carbocycles. The van der Waals surface area contributed by atoms with Gasteiger partial charge in [0.15, 0.2) is 0 Å². The second kappa shape index (κ2) is 6.25. The van der Waals surface area contributed by atoms with E-state index in [1.165, 1.54) is 0 Å². The highest BCUT2D eigenvalue weighted by atomic mass is 35.5. The van der Waals surface area contributed by atoms with E-state index in [0.29, 0.717) is 5.92 Å². The Bertz CT molecular complexity index is 177. The van der Waals surface area contributed by atoms with Gasteiger partial charge in [0.1, 0.15) is 0 Å². The minimum atomic E-state index is -0.621. The van der Waals surface area contributed by atoms with Crippen LogP contribution in [0.2, 0.25) is 0 Å². The van der Waals surface area contributed by atoms with Crippen LogP contribution in [0.1, 0.15) is 26.7 Å². The lowest BCUT2D eigenvalue weighted by molar-refractivity contribution is -0.143. The molecule has 0 aliphatic carbocycles. The fraction of sp³-hybridized carbons (Fsp3) is 0.900. The highest BCUT2D eigenvalue weighted by molar-refractivity contribution is 5.85. The summed E-state index contributed by atoms with van der Waals surface area (Å²) < 4.78 is 0. The molecule has 0 bridgehead atoms. The van der Waals surface area contributed by atoms with Crippen molar-refractivity contribution in [2.75, 3.05) is 19.6 Å². The van der Waals surface area contributed by atoms with Gasteiger partial charge in [0.25, 0.3) is 0 Å². The molecule has 14 heavy (non-hydrogen) atoms. The second-order valence-corrected chi connectivity index (χ2v) is 4.31. The number of likely N-dealkylation sites (tertiary alicyclic amines) is 1. The lowest BCUT2D eigenvalue weighted by Gasteiger charge is -2.31. The van der Waals surface area contributed by atoms with Gasteiger partial charge in [-0.25, -0.2) is 0 Å². The van der Waals surface area contributed by atoms with Crippen LogP contribution in [0.3, 0.4) is 0 Å². The highest BCUT2D eigenvalue weighted by Crippen LogP contribution is 2.17. The third-order valence-electron chi connectivity index (χ3n) is 2.56. The van der Waals surface area contributed by atoms with E-state index < -0.39 is 5.97 Å². The first-order valence-corrected chi connectivity index (χ1v) is 5.04. The Morgan fingerprint density at radius 1 is 1.43 bits per heavy atom. The van der Waals surface area contributed by atoms with Gasteiger partial charge in [0.2, 0.25) is 0 Å². The van der Waals surface area contributed by atoms with E-state index in [1.807, 2.05) is 0 Å². The van der Waals surface area contributed by atoms with Crippen LogP contribution in [-0.4, -0.2) is 35.6 Å². The maximum atomic E-state index is 10.7. The minimum Gasteiger partial charge on any atom is -0.481 e. The molecular formula is C10H20ClNO2. The minimum absolute atomic E-state index is 0. The van der Waals surface area contributed by atoms with Crippen molar-refractivity contribution in [1.29, 1.82) is 0 Å². The van der Waals surface area contributed by atoms with Crippen molar-refractivity contribution in [2.45, 2.75) is 26.7 Å². The predicted octanol–water partition coefficient (Wildman–Crippen LogP) is 1.86. The molecule has 0 radical (unpaired) electrons. The maximum Gasteiger partial charge on any atom is 0.306 e. The summed E-state index contributed by atoms with van der Waals surface area (Å²) in [4.78, 5) is 13.0. The molecule has 1 rings (SSSR count). The van der Waals surface area contributed by atoms with Gasteiger partial charge in [-0.2, -0.15) is 0 Å². The average Bonchev–Trinajstić information content (AvgIpc) is 2.04. The molecular weight excluding hydrogens is 202 g/mol. The van der Waals surface area contributed by atoms with Crippen molar-refractivity contribution in [3.8, 4) is 0 Å². The zero-order valence-electron chi connectivity index (χ0n) is 8.90. The van der Waals surface area contributed by atoms with Crippen LogP contribution in [-0.2, 0) is 4.79 Å². The Balaban J connectivity index is 0.00000169. The van der Waals surface area contributed by atoms with Gasteiger partial charge in [-0.1, -0.05) is 13.8 Å². The highest BCUT2D eigenvalue weighted by Gasteiger charge is 2.24. The number of hydrogen-bond acceptors (Lipinski definition) is 2. The van der Waals surface area contributed by atoms with E-state index in [9.17, 15) is 4.79 Å². The molecule has 1 saturated heterocycles. The zero-order valence-corrected chi connectivity index (χ0v) is 9.72. The third kappa shape index (κ3) is 4.29. The number of halogens is 1. The first-order valence-electron chi connectivity index (χ1n) is 5.04. The third-order valence-corrected chi connectivity index (χ3v) is 2.56. The van der Waals surface area contributed by atoms with Crippen molar-refractivity contribution in [3.05, 3.63) is 0 Å². The van der Waals surface area contributed by atoms with Crippen LogP contribution in [0, 0.1) is 11.8 Å². The summed E-state index contributed by atoms with van der Waals surface area (Å²) in [6.45, 7) is 7.41. The summed E-state index contributed by atoms with van der Waals surface area (Å²) in [5.41, 5.74) is 0. The van der Waals surface area contributed by atoms with Crippen molar-refractivity contribution in [2.24, 2.45) is 11.8 Å². The number of aliphatic carboxylic acids is 1. The number of piperidine rings is 1. The Kier molecular flexibility index (Phi) is 6.12. The number of carboxylic acids is 1. The molecule has 0 aromatic rings. The zero-order chi connectivity index (χ0) is 9.84. The summed E-state index contributed by atoms with van der Waals surface area (Å²) in [6, 6.07) is 0. The van der Waals surface area contributed by atoms with E-state index in [0.717, 1.165) is 32.5 Å². The fourth-order valence-corrected chi connectivity index (χ4v) is 1.88. The molecule has 1 heterocycles. The van der Waals surface area contributed by atoms with Crippen molar-refractivity contribution < 1.29 is 9.90 Å². The molecule has 84 valence electrons. The molecule has 1 fully saturated rings. The summed E-state index contributed by atoms with van der Waals surface area (Å²) in [7, 11) is 0. The second-order valence-electron chi connectivity index (χ2n) is 4.31. The number of carboxylic acid groups (broad SMARTS) is 1. The number of carbonyl (C=O) groups is 1. The van der Waals surface area contributed by atoms with Crippen LogP contribution in [0.4, 0.5) is 0 Å². The molecule has 0 amide bonds. The maximum absolute atomic E-state index is 10.7. The predicted molar refractivity (Wildman–Crippen MR) is 58.9 cm³/mol.